The summed E-state index contributed by atoms with van der Waals surface area (Å²) >= 11 is 0. The largest absolute Gasteiger partial charge is 0.476 e. The highest BCUT2D eigenvalue weighted by Crippen LogP contribution is 2.14. The lowest BCUT2D eigenvalue weighted by atomic mass is 10.2. The molecule has 0 aliphatic carbocycles. The van der Waals surface area contributed by atoms with Gasteiger partial charge < -0.3 is 15.6 Å². The van der Waals surface area contributed by atoms with Crippen LogP contribution >= 0.6 is 0 Å². The third kappa shape index (κ3) is 2.89. The molecule has 1 aromatic rings. The topological polar surface area (TPSA) is 111 Å². The molecule has 0 heterocycles. The predicted octanol–water partition coefficient (Wildman–Crippen LogP) is 0.0495. The number of nitrogens with one attached hydrogen (secondary N) is 1. The minimum atomic E-state index is -1.31. The number of hydrogen-bond acceptors (Lipinski definition) is 5. The van der Waals surface area contributed by atoms with Gasteiger partial charge in [-0.25, -0.2) is 10.6 Å². The lowest BCUT2D eigenvalue weighted by Crippen LogP contribution is -2.31. The van der Waals surface area contributed by atoms with Crippen LogP contribution in [0.5, 0.6) is 5.75 Å². The smallest absolute Gasteiger partial charge is 0.357 e. The van der Waals surface area contributed by atoms with Crippen molar-refractivity contribution in [1.29, 1.82) is 0 Å². The summed E-state index contributed by atoms with van der Waals surface area (Å²) in [6.07, 6.45) is 0. The normalized spacial score (nSPS) is 11.6. The molecule has 16 heavy (non-hydrogen) atoms. The van der Waals surface area contributed by atoms with Gasteiger partial charge in [0.15, 0.2) is 5.70 Å². The van der Waals surface area contributed by atoms with E-state index in [9.17, 15) is 4.79 Å². The number of rotatable bonds is 4. The zero-order valence-corrected chi connectivity index (χ0v) is 8.73. The van der Waals surface area contributed by atoms with Gasteiger partial charge in [0.05, 0.1) is 0 Å². The molecule has 0 aromatic heterocycles. The van der Waals surface area contributed by atoms with E-state index in [1.165, 1.54) is 0 Å². The van der Waals surface area contributed by atoms with E-state index in [0.29, 0.717) is 5.75 Å². The minimum absolute atomic E-state index is 0.198. The number of benzene rings is 1. The van der Waals surface area contributed by atoms with Crippen LogP contribution in [0.25, 0.3) is 0 Å². The number of aryl methyl sites for hydroxylation is 1. The fourth-order valence-electron chi connectivity index (χ4n) is 0.983. The van der Waals surface area contributed by atoms with Gasteiger partial charge in [-0.05, 0) is 19.1 Å². The van der Waals surface area contributed by atoms with E-state index in [1.807, 2.05) is 19.1 Å². The van der Waals surface area contributed by atoms with Crippen LogP contribution in [-0.4, -0.2) is 11.1 Å². The van der Waals surface area contributed by atoms with Gasteiger partial charge in [0.2, 0.25) is 5.88 Å². The first-order valence-electron chi connectivity index (χ1n) is 4.48. The van der Waals surface area contributed by atoms with Crippen LogP contribution in [0.2, 0.25) is 0 Å². The van der Waals surface area contributed by atoms with Gasteiger partial charge in [-0.2, -0.15) is 0 Å². The highest BCUT2D eigenvalue weighted by atomic mass is 16.5. The summed E-state index contributed by atoms with van der Waals surface area (Å²) in [6, 6.07) is 7.00. The van der Waals surface area contributed by atoms with Crippen molar-refractivity contribution in [3.05, 3.63) is 41.4 Å². The molecule has 0 saturated heterocycles. The van der Waals surface area contributed by atoms with E-state index in [1.54, 1.807) is 12.1 Å². The van der Waals surface area contributed by atoms with E-state index >= 15 is 0 Å². The zero-order chi connectivity index (χ0) is 12.1. The Morgan fingerprint density at radius 2 is 1.94 bits per heavy atom. The Labute approximate surface area is 92.5 Å². The minimum Gasteiger partial charge on any atom is -0.476 e. The number of carboxylic acid groups (broad SMARTS) is 1. The van der Waals surface area contributed by atoms with Gasteiger partial charge in [0.1, 0.15) is 5.75 Å². The second-order valence-corrected chi connectivity index (χ2v) is 3.11. The summed E-state index contributed by atoms with van der Waals surface area (Å²) in [4.78, 5) is 10.6. The van der Waals surface area contributed by atoms with Gasteiger partial charge in [0, 0.05) is 0 Å². The average molecular weight is 223 g/mol. The van der Waals surface area contributed by atoms with Gasteiger partial charge in [-0.3, -0.25) is 5.43 Å². The van der Waals surface area contributed by atoms with E-state index in [4.69, 9.17) is 21.4 Å². The molecule has 6 N–H and O–H groups in total. The monoisotopic (exact) mass is 223 g/mol. The van der Waals surface area contributed by atoms with Crippen LogP contribution in [0.1, 0.15) is 5.56 Å². The Balaban J connectivity index is 2.90. The third-order valence-corrected chi connectivity index (χ3v) is 1.85. The lowest BCUT2D eigenvalue weighted by molar-refractivity contribution is -0.132. The maximum Gasteiger partial charge on any atom is 0.357 e. The van der Waals surface area contributed by atoms with Gasteiger partial charge in [-0.15, -0.1) is 0 Å². The van der Waals surface area contributed by atoms with Crippen molar-refractivity contribution in [3.8, 4) is 5.75 Å². The molecule has 0 spiro atoms. The molecule has 0 amide bonds. The SMILES string of the molecule is Cc1ccc(O/C(NN)=C(/N)C(=O)O)cc1. The quantitative estimate of drug-likeness (QED) is 0.248. The molecule has 0 bridgehead atoms. The first kappa shape index (κ1) is 11.9. The molecule has 0 aliphatic heterocycles. The number of hydrazine groups is 1. The zero-order valence-electron chi connectivity index (χ0n) is 8.73. The second-order valence-electron chi connectivity index (χ2n) is 3.11. The standard InChI is InChI=1S/C10H13N3O3/c1-6-2-4-7(5-3-6)16-9(13-12)8(11)10(14)15/h2-5,13H,11-12H2,1H3,(H,14,15)/b9-8+. The highest BCUT2D eigenvalue weighted by molar-refractivity contribution is 5.85. The Bertz CT molecular complexity index is 412. The molecule has 0 fully saturated rings. The summed E-state index contributed by atoms with van der Waals surface area (Å²) in [5, 5.41) is 8.65. The van der Waals surface area contributed by atoms with E-state index in [-0.39, 0.29) is 5.88 Å². The van der Waals surface area contributed by atoms with Crippen LogP contribution in [0.15, 0.2) is 35.8 Å². The first-order valence-corrected chi connectivity index (χ1v) is 4.48. The number of carboxylic acids is 1. The number of hydrogen-bond donors (Lipinski definition) is 4. The van der Waals surface area contributed by atoms with Crippen molar-refractivity contribution in [1.82, 2.24) is 5.43 Å². The number of ether oxygens (including phenoxy) is 1. The van der Waals surface area contributed by atoms with Crippen molar-refractivity contribution in [2.75, 3.05) is 0 Å². The molecule has 1 aromatic carbocycles. The van der Waals surface area contributed by atoms with Crippen molar-refractivity contribution in [2.24, 2.45) is 11.6 Å². The Kier molecular flexibility index (Phi) is 3.73. The fraction of sp³-hybridized carbons (Fsp3) is 0.100. The predicted molar refractivity (Wildman–Crippen MR) is 58.0 cm³/mol. The van der Waals surface area contributed by atoms with Gasteiger partial charge >= 0.3 is 5.97 Å². The van der Waals surface area contributed by atoms with Gasteiger partial charge in [-0.1, -0.05) is 17.7 Å². The molecule has 0 atom stereocenters. The van der Waals surface area contributed by atoms with Crippen molar-refractivity contribution in [3.63, 3.8) is 0 Å². The van der Waals surface area contributed by atoms with E-state index < -0.39 is 11.7 Å². The van der Waals surface area contributed by atoms with Crippen molar-refractivity contribution >= 4 is 5.97 Å². The summed E-state index contributed by atoms with van der Waals surface area (Å²) < 4.78 is 5.18. The second kappa shape index (κ2) is 5.04. The lowest BCUT2D eigenvalue weighted by Gasteiger charge is -2.10. The van der Waals surface area contributed by atoms with Crippen molar-refractivity contribution < 1.29 is 14.6 Å². The maximum atomic E-state index is 10.6. The molecular formula is C10H13N3O3. The Morgan fingerprint density at radius 3 is 2.38 bits per heavy atom. The van der Waals surface area contributed by atoms with Crippen molar-refractivity contribution in [2.45, 2.75) is 6.92 Å². The maximum absolute atomic E-state index is 10.6. The molecule has 6 nitrogen and oxygen atoms in total. The molecule has 0 unspecified atom stereocenters. The molecule has 1 rings (SSSR count). The Morgan fingerprint density at radius 1 is 1.38 bits per heavy atom. The highest BCUT2D eigenvalue weighted by Gasteiger charge is 2.11. The molecule has 0 radical (unpaired) electrons. The van der Waals surface area contributed by atoms with Crippen LogP contribution in [0.4, 0.5) is 0 Å². The summed E-state index contributed by atoms with van der Waals surface area (Å²) in [7, 11) is 0. The fourth-order valence-corrected chi connectivity index (χ4v) is 0.983. The van der Waals surface area contributed by atoms with Crippen LogP contribution < -0.4 is 21.7 Å². The average Bonchev–Trinajstić information content (AvgIpc) is 2.27. The van der Waals surface area contributed by atoms with Crippen LogP contribution in [-0.2, 0) is 4.79 Å². The summed E-state index contributed by atoms with van der Waals surface area (Å²) in [5.41, 5.74) is 7.94. The number of carbonyl (C=O) groups is 1. The molecule has 6 heteroatoms. The van der Waals surface area contributed by atoms with Gasteiger partial charge in [0.25, 0.3) is 0 Å². The van der Waals surface area contributed by atoms with E-state index in [2.05, 4.69) is 5.43 Å². The summed E-state index contributed by atoms with van der Waals surface area (Å²) in [6.45, 7) is 1.92. The molecule has 86 valence electrons. The number of aliphatic carboxylic acids is 1. The summed E-state index contributed by atoms with van der Waals surface area (Å²) in [5.74, 6) is 4.06. The van der Waals surface area contributed by atoms with Crippen LogP contribution in [0, 0.1) is 6.92 Å². The molecular weight excluding hydrogens is 210 g/mol. The third-order valence-electron chi connectivity index (χ3n) is 1.85. The first-order chi connectivity index (χ1) is 7.54. The number of nitrogens with two attached hydrogens (primary N) is 2. The van der Waals surface area contributed by atoms with Crippen LogP contribution in [0.3, 0.4) is 0 Å². The molecule has 0 saturated carbocycles. The Hall–Kier alpha value is -2.21. The van der Waals surface area contributed by atoms with E-state index in [0.717, 1.165) is 5.56 Å². The molecule has 0 aliphatic rings.